The molecule has 1 rings (SSSR count). The number of benzene rings is 1. The number of carbonyl (C=O) groups excluding carboxylic acids is 1. The summed E-state index contributed by atoms with van der Waals surface area (Å²) in [6.07, 6.45) is -0.744. The summed E-state index contributed by atoms with van der Waals surface area (Å²) >= 11 is 11.8. The Morgan fingerprint density at radius 2 is 2.09 bits per heavy atom. The van der Waals surface area contributed by atoms with Gasteiger partial charge in [-0.1, -0.05) is 23.2 Å². The van der Waals surface area contributed by atoms with Crippen LogP contribution >= 0.6 is 23.2 Å². The van der Waals surface area contributed by atoms with Gasteiger partial charge in [0, 0.05) is 23.7 Å². The molecule has 0 unspecified atom stereocenters. The SMILES string of the molecule is CC(C)NC(=O)CN(C)C[C@H](O)COc1cc(Cl)ccc1Cl. The van der Waals surface area contributed by atoms with Gasteiger partial charge >= 0.3 is 0 Å². The van der Waals surface area contributed by atoms with Crippen LogP contribution in [-0.4, -0.2) is 54.8 Å². The van der Waals surface area contributed by atoms with Crippen LogP contribution in [0.5, 0.6) is 5.75 Å². The van der Waals surface area contributed by atoms with Crippen molar-refractivity contribution < 1.29 is 14.6 Å². The number of halogens is 2. The molecule has 0 fully saturated rings. The van der Waals surface area contributed by atoms with Crippen LogP contribution in [0.4, 0.5) is 0 Å². The van der Waals surface area contributed by atoms with Crippen LogP contribution in [0.2, 0.25) is 10.0 Å². The lowest BCUT2D eigenvalue weighted by atomic mass is 10.3. The van der Waals surface area contributed by atoms with Crippen molar-refractivity contribution in [3.05, 3.63) is 28.2 Å². The van der Waals surface area contributed by atoms with Gasteiger partial charge in [-0.3, -0.25) is 9.69 Å². The zero-order valence-electron chi connectivity index (χ0n) is 13.0. The highest BCUT2D eigenvalue weighted by molar-refractivity contribution is 6.34. The van der Waals surface area contributed by atoms with E-state index in [0.29, 0.717) is 22.3 Å². The molecule has 7 heteroatoms. The Morgan fingerprint density at radius 3 is 2.73 bits per heavy atom. The number of rotatable bonds is 8. The lowest BCUT2D eigenvalue weighted by Crippen LogP contribution is -2.42. The maximum Gasteiger partial charge on any atom is 0.234 e. The van der Waals surface area contributed by atoms with Crippen LogP contribution in [-0.2, 0) is 4.79 Å². The number of aliphatic hydroxyl groups is 1. The van der Waals surface area contributed by atoms with Crippen LogP contribution < -0.4 is 10.1 Å². The number of aliphatic hydroxyl groups excluding tert-OH is 1. The second kappa shape index (κ2) is 9.20. The first-order chi connectivity index (χ1) is 10.3. The number of nitrogens with zero attached hydrogens (tertiary/aromatic N) is 1. The number of hydrogen-bond acceptors (Lipinski definition) is 4. The Kier molecular flexibility index (Phi) is 7.96. The van der Waals surface area contributed by atoms with Gasteiger partial charge in [0.05, 0.1) is 11.6 Å². The van der Waals surface area contributed by atoms with E-state index in [4.69, 9.17) is 27.9 Å². The van der Waals surface area contributed by atoms with Crippen molar-refractivity contribution in [1.82, 2.24) is 10.2 Å². The Balaban J connectivity index is 2.38. The molecule has 0 aliphatic carbocycles. The normalized spacial score (nSPS) is 12.5. The number of likely N-dealkylation sites (N-methyl/N-ethyl adjacent to an activating group) is 1. The van der Waals surface area contributed by atoms with Crippen molar-refractivity contribution in [2.24, 2.45) is 0 Å². The minimum Gasteiger partial charge on any atom is -0.489 e. The average molecular weight is 349 g/mol. The molecule has 0 saturated heterocycles. The molecular formula is C15H22Cl2N2O3. The first-order valence-electron chi connectivity index (χ1n) is 7.01. The van der Waals surface area contributed by atoms with E-state index in [1.165, 1.54) is 0 Å². The molecule has 0 heterocycles. The van der Waals surface area contributed by atoms with E-state index in [1.807, 2.05) is 13.8 Å². The van der Waals surface area contributed by atoms with Crippen molar-refractivity contribution in [1.29, 1.82) is 0 Å². The van der Waals surface area contributed by atoms with E-state index in [0.717, 1.165) is 0 Å². The second-order valence-electron chi connectivity index (χ2n) is 5.46. The molecule has 1 aromatic carbocycles. The largest absolute Gasteiger partial charge is 0.489 e. The van der Waals surface area contributed by atoms with Crippen molar-refractivity contribution in [2.75, 3.05) is 26.7 Å². The van der Waals surface area contributed by atoms with Crippen LogP contribution in [0.3, 0.4) is 0 Å². The number of hydrogen-bond donors (Lipinski definition) is 2. The van der Waals surface area contributed by atoms with Gasteiger partial charge in [0.2, 0.25) is 5.91 Å². The maximum atomic E-state index is 11.6. The van der Waals surface area contributed by atoms with Crippen LogP contribution in [0, 0.1) is 0 Å². The Morgan fingerprint density at radius 1 is 1.41 bits per heavy atom. The summed E-state index contributed by atoms with van der Waals surface area (Å²) in [6.45, 7) is 4.39. The van der Waals surface area contributed by atoms with Gasteiger partial charge in [-0.2, -0.15) is 0 Å². The first-order valence-corrected chi connectivity index (χ1v) is 7.77. The van der Waals surface area contributed by atoms with E-state index >= 15 is 0 Å². The summed E-state index contributed by atoms with van der Waals surface area (Å²) in [5, 5.41) is 13.7. The van der Waals surface area contributed by atoms with Gasteiger partial charge in [-0.25, -0.2) is 0 Å². The summed E-state index contributed by atoms with van der Waals surface area (Å²) < 4.78 is 5.46. The molecule has 0 aromatic heterocycles. The highest BCUT2D eigenvalue weighted by Crippen LogP contribution is 2.27. The summed E-state index contributed by atoms with van der Waals surface area (Å²) in [6, 6.07) is 4.98. The molecular weight excluding hydrogens is 327 g/mol. The predicted octanol–water partition coefficient (Wildman–Crippen LogP) is 2.19. The third-order valence-corrected chi connectivity index (χ3v) is 3.26. The fourth-order valence-corrected chi connectivity index (χ4v) is 2.20. The zero-order valence-corrected chi connectivity index (χ0v) is 14.5. The number of ether oxygens (including phenoxy) is 1. The van der Waals surface area contributed by atoms with E-state index in [1.54, 1.807) is 30.1 Å². The third kappa shape index (κ3) is 7.31. The summed E-state index contributed by atoms with van der Waals surface area (Å²) in [7, 11) is 1.76. The van der Waals surface area contributed by atoms with Crippen molar-refractivity contribution in [3.63, 3.8) is 0 Å². The van der Waals surface area contributed by atoms with E-state index in [-0.39, 0.29) is 25.1 Å². The minimum atomic E-state index is -0.744. The molecule has 1 aromatic rings. The van der Waals surface area contributed by atoms with Crippen molar-refractivity contribution in [2.45, 2.75) is 26.0 Å². The van der Waals surface area contributed by atoms with E-state index in [9.17, 15) is 9.90 Å². The topological polar surface area (TPSA) is 61.8 Å². The molecule has 1 atom stereocenters. The highest BCUT2D eigenvalue weighted by atomic mass is 35.5. The molecule has 0 bridgehead atoms. The Hall–Kier alpha value is -1.01. The molecule has 0 aliphatic heterocycles. The maximum absolute atomic E-state index is 11.6. The molecule has 2 N–H and O–H groups in total. The molecule has 124 valence electrons. The van der Waals surface area contributed by atoms with Gasteiger partial charge in [0.1, 0.15) is 18.5 Å². The molecule has 22 heavy (non-hydrogen) atoms. The van der Waals surface area contributed by atoms with Crippen LogP contribution in [0.25, 0.3) is 0 Å². The summed E-state index contributed by atoms with van der Waals surface area (Å²) in [5.41, 5.74) is 0. The minimum absolute atomic E-state index is 0.0657. The second-order valence-corrected chi connectivity index (χ2v) is 6.30. The van der Waals surface area contributed by atoms with Crippen molar-refractivity contribution in [3.8, 4) is 5.75 Å². The van der Waals surface area contributed by atoms with Gasteiger partial charge in [-0.15, -0.1) is 0 Å². The fourth-order valence-electron chi connectivity index (χ4n) is 1.86. The lowest BCUT2D eigenvalue weighted by molar-refractivity contribution is -0.122. The Bertz CT molecular complexity index is 498. The summed E-state index contributed by atoms with van der Waals surface area (Å²) in [5.74, 6) is 0.344. The van der Waals surface area contributed by atoms with Crippen LogP contribution in [0.1, 0.15) is 13.8 Å². The van der Waals surface area contributed by atoms with Gasteiger partial charge in [-0.05, 0) is 33.0 Å². The number of carbonyl (C=O) groups is 1. The monoisotopic (exact) mass is 348 g/mol. The molecule has 0 spiro atoms. The molecule has 0 aliphatic rings. The third-order valence-electron chi connectivity index (χ3n) is 2.71. The van der Waals surface area contributed by atoms with Crippen LogP contribution in [0.15, 0.2) is 18.2 Å². The first kappa shape index (κ1) is 19.0. The highest BCUT2D eigenvalue weighted by Gasteiger charge is 2.13. The quantitative estimate of drug-likeness (QED) is 0.755. The molecule has 0 radical (unpaired) electrons. The average Bonchev–Trinajstić information content (AvgIpc) is 2.38. The summed E-state index contributed by atoms with van der Waals surface area (Å²) in [4.78, 5) is 13.3. The van der Waals surface area contributed by atoms with Gasteiger partial charge < -0.3 is 15.2 Å². The molecule has 0 saturated carbocycles. The smallest absolute Gasteiger partial charge is 0.234 e. The Labute approximate surface area is 141 Å². The van der Waals surface area contributed by atoms with Gasteiger partial charge in [0.15, 0.2) is 0 Å². The van der Waals surface area contributed by atoms with Crippen molar-refractivity contribution >= 4 is 29.1 Å². The number of amides is 1. The van der Waals surface area contributed by atoms with Gasteiger partial charge in [0.25, 0.3) is 0 Å². The van der Waals surface area contributed by atoms with E-state index in [2.05, 4.69) is 5.32 Å². The predicted molar refractivity (Wildman–Crippen MR) is 88.7 cm³/mol. The van der Waals surface area contributed by atoms with E-state index < -0.39 is 6.10 Å². The standard InChI is InChI=1S/C15H22Cl2N2O3/c1-10(2)18-15(21)8-19(3)7-12(20)9-22-14-6-11(16)4-5-13(14)17/h4-6,10,12,20H,7-9H2,1-3H3,(H,18,21)/t12-/m0/s1. The fraction of sp³-hybridized carbons (Fsp3) is 0.533. The molecule has 1 amide bonds. The molecule has 5 nitrogen and oxygen atoms in total. The zero-order chi connectivity index (χ0) is 16.7. The lowest BCUT2D eigenvalue weighted by Gasteiger charge is -2.21. The number of nitrogens with one attached hydrogen (secondary N) is 1.